The summed E-state index contributed by atoms with van der Waals surface area (Å²) in [6.07, 6.45) is 2.58. The molecule has 2 rings (SSSR count). The molecule has 1 saturated carbocycles. The molecule has 6 heteroatoms. The van der Waals surface area contributed by atoms with Gasteiger partial charge in [-0.15, -0.1) is 0 Å². The van der Waals surface area contributed by atoms with Gasteiger partial charge in [0.1, 0.15) is 0 Å². The Balaban J connectivity index is 1.70. The summed E-state index contributed by atoms with van der Waals surface area (Å²) in [5.74, 6) is -0.657. The van der Waals surface area contributed by atoms with Crippen molar-refractivity contribution < 1.29 is 18.9 Å². The van der Waals surface area contributed by atoms with Gasteiger partial charge in [0.25, 0.3) is 0 Å². The maximum absolute atomic E-state index is 12.1. The third kappa shape index (κ3) is 5.78. The average molecular weight is 337 g/mol. The molecular weight excluding hydrogens is 314 g/mol. The van der Waals surface area contributed by atoms with E-state index < -0.39 is 22.7 Å². The lowest BCUT2D eigenvalue weighted by molar-refractivity contribution is -0.144. The standard InChI is InChI=1S/C17H23NO4S/c19-16(14-7-4-8-15(11-14)17(20)21)18-9-10-23(22)12-13-5-2-1-3-6-13/h1-3,5-6,14-15H,4,7-12H2,(H,18,19)(H,20,21). The summed E-state index contributed by atoms with van der Waals surface area (Å²) in [7, 11) is -1.02. The van der Waals surface area contributed by atoms with Gasteiger partial charge in [-0.2, -0.15) is 0 Å². The number of carboxylic acids is 1. The summed E-state index contributed by atoms with van der Waals surface area (Å²) >= 11 is 0. The molecule has 0 radical (unpaired) electrons. The topological polar surface area (TPSA) is 83.5 Å². The van der Waals surface area contributed by atoms with Crippen LogP contribution in [0.3, 0.4) is 0 Å². The minimum atomic E-state index is -1.02. The van der Waals surface area contributed by atoms with E-state index in [1.807, 2.05) is 30.3 Å². The highest BCUT2D eigenvalue weighted by Crippen LogP contribution is 2.29. The Labute approximate surface area is 138 Å². The molecular formula is C17H23NO4S. The van der Waals surface area contributed by atoms with Crippen molar-refractivity contribution in [1.29, 1.82) is 0 Å². The molecule has 3 unspecified atom stereocenters. The Kier molecular flexibility index (Phi) is 6.77. The first-order chi connectivity index (χ1) is 11.1. The van der Waals surface area contributed by atoms with E-state index in [4.69, 9.17) is 5.11 Å². The van der Waals surface area contributed by atoms with E-state index in [0.717, 1.165) is 18.4 Å². The molecule has 0 aliphatic heterocycles. The van der Waals surface area contributed by atoms with Crippen LogP contribution in [0.5, 0.6) is 0 Å². The summed E-state index contributed by atoms with van der Waals surface area (Å²) < 4.78 is 12.0. The molecule has 23 heavy (non-hydrogen) atoms. The lowest BCUT2D eigenvalue weighted by Gasteiger charge is -2.25. The second-order valence-electron chi connectivity index (χ2n) is 5.96. The summed E-state index contributed by atoms with van der Waals surface area (Å²) in [4.78, 5) is 23.1. The fraction of sp³-hybridized carbons (Fsp3) is 0.529. The van der Waals surface area contributed by atoms with E-state index >= 15 is 0 Å². The van der Waals surface area contributed by atoms with Crippen LogP contribution in [0.1, 0.15) is 31.2 Å². The van der Waals surface area contributed by atoms with Crippen LogP contribution < -0.4 is 5.32 Å². The van der Waals surface area contributed by atoms with Gasteiger partial charge in [-0.3, -0.25) is 13.8 Å². The zero-order valence-electron chi connectivity index (χ0n) is 13.1. The highest BCUT2D eigenvalue weighted by molar-refractivity contribution is 7.84. The van der Waals surface area contributed by atoms with E-state index in [2.05, 4.69) is 5.32 Å². The highest BCUT2D eigenvalue weighted by atomic mass is 32.2. The Bertz CT molecular complexity index is 561. The number of carboxylic acid groups (broad SMARTS) is 1. The Morgan fingerprint density at radius 2 is 1.87 bits per heavy atom. The number of aliphatic carboxylic acids is 1. The normalized spacial score (nSPS) is 22.3. The molecule has 1 aromatic rings. The number of carbonyl (C=O) groups excluding carboxylic acids is 1. The number of rotatable bonds is 7. The summed E-state index contributed by atoms with van der Waals surface area (Å²) in [5.41, 5.74) is 1.02. The Hall–Kier alpha value is -1.69. The summed E-state index contributed by atoms with van der Waals surface area (Å²) in [6.45, 7) is 0.368. The fourth-order valence-corrected chi connectivity index (χ4v) is 3.96. The first-order valence-corrected chi connectivity index (χ1v) is 9.44. The van der Waals surface area contributed by atoms with Gasteiger partial charge in [0, 0.05) is 34.8 Å². The zero-order chi connectivity index (χ0) is 16.7. The molecule has 1 aromatic carbocycles. The lowest BCUT2D eigenvalue weighted by atomic mass is 9.81. The first kappa shape index (κ1) is 17.7. The van der Waals surface area contributed by atoms with Crippen LogP contribution in [-0.2, 0) is 26.1 Å². The molecule has 1 aliphatic rings. The number of carbonyl (C=O) groups is 2. The molecule has 0 saturated heterocycles. The van der Waals surface area contributed by atoms with Crippen molar-refractivity contribution in [3.8, 4) is 0 Å². The number of hydrogen-bond acceptors (Lipinski definition) is 3. The SMILES string of the molecule is O=C(O)C1CCCC(C(=O)NCCS(=O)Cc2ccccc2)C1. The predicted molar refractivity (Wildman–Crippen MR) is 89.2 cm³/mol. The fourth-order valence-electron chi connectivity index (χ4n) is 2.92. The Morgan fingerprint density at radius 1 is 1.17 bits per heavy atom. The average Bonchev–Trinajstić information content (AvgIpc) is 2.55. The summed E-state index contributed by atoms with van der Waals surface area (Å²) in [5, 5.41) is 11.9. The van der Waals surface area contributed by atoms with E-state index in [1.54, 1.807) is 0 Å². The van der Waals surface area contributed by atoms with Gasteiger partial charge < -0.3 is 10.4 Å². The number of hydrogen-bond donors (Lipinski definition) is 2. The van der Waals surface area contributed by atoms with Crippen LogP contribution in [0.2, 0.25) is 0 Å². The van der Waals surface area contributed by atoms with E-state index in [0.29, 0.717) is 30.9 Å². The van der Waals surface area contributed by atoms with Gasteiger partial charge in [0.15, 0.2) is 0 Å². The highest BCUT2D eigenvalue weighted by Gasteiger charge is 2.30. The monoisotopic (exact) mass is 337 g/mol. The van der Waals surface area contributed by atoms with Crippen LogP contribution in [0.25, 0.3) is 0 Å². The molecule has 1 aliphatic carbocycles. The van der Waals surface area contributed by atoms with Gasteiger partial charge in [0.2, 0.25) is 5.91 Å². The largest absolute Gasteiger partial charge is 0.481 e. The molecule has 2 N–H and O–H groups in total. The van der Waals surface area contributed by atoms with Crippen molar-refractivity contribution in [2.75, 3.05) is 12.3 Å². The third-order valence-electron chi connectivity index (χ3n) is 4.19. The molecule has 1 fully saturated rings. The second kappa shape index (κ2) is 8.82. The number of amides is 1. The zero-order valence-corrected chi connectivity index (χ0v) is 13.9. The van der Waals surface area contributed by atoms with Crippen LogP contribution >= 0.6 is 0 Å². The second-order valence-corrected chi connectivity index (χ2v) is 7.54. The molecule has 3 atom stereocenters. The van der Waals surface area contributed by atoms with Crippen LogP contribution in [0, 0.1) is 11.8 Å². The molecule has 0 aromatic heterocycles. The van der Waals surface area contributed by atoms with Crippen molar-refractivity contribution in [3.63, 3.8) is 0 Å². The molecule has 0 bridgehead atoms. The van der Waals surface area contributed by atoms with Crippen molar-refractivity contribution >= 4 is 22.7 Å². The number of benzene rings is 1. The minimum Gasteiger partial charge on any atom is -0.481 e. The van der Waals surface area contributed by atoms with Gasteiger partial charge in [0.05, 0.1) is 5.92 Å². The maximum Gasteiger partial charge on any atom is 0.306 e. The molecule has 0 heterocycles. The quantitative estimate of drug-likeness (QED) is 0.796. The maximum atomic E-state index is 12.1. The lowest BCUT2D eigenvalue weighted by Crippen LogP contribution is -2.37. The molecule has 5 nitrogen and oxygen atoms in total. The molecule has 126 valence electrons. The smallest absolute Gasteiger partial charge is 0.306 e. The van der Waals surface area contributed by atoms with Crippen LogP contribution in [0.4, 0.5) is 0 Å². The minimum absolute atomic E-state index is 0.104. The predicted octanol–water partition coefficient (Wildman–Crippen LogP) is 1.94. The van der Waals surface area contributed by atoms with Crippen LogP contribution in [0.15, 0.2) is 30.3 Å². The molecule has 0 spiro atoms. The Morgan fingerprint density at radius 3 is 2.57 bits per heavy atom. The summed E-state index contributed by atoms with van der Waals surface area (Å²) in [6, 6.07) is 9.61. The van der Waals surface area contributed by atoms with Crippen molar-refractivity contribution in [1.82, 2.24) is 5.32 Å². The number of nitrogens with one attached hydrogen (secondary N) is 1. The van der Waals surface area contributed by atoms with E-state index in [9.17, 15) is 13.8 Å². The first-order valence-electron chi connectivity index (χ1n) is 7.95. The van der Waals surface area contributed by atoms with Crippen LogP contribution in [-0.4, -0.2) is 33.5 Å². The third-order valence-corrected chi connectivity index (χ3v) is 5.51. The van der Waals surface area contributed by atoms with Crippen molar-refractivity contribution in [2.45, 2.75) is 31.4 Å². The van der Waals surface area contributed by atoms with Gasteiger partial charge in [-0.1, -0.05) is 36.8 Å². The molecule has 1 amide bonds. The van der Waals surface area contributed by atoms with E-state index in [1.165, 1.54) is 0 Å². The van der Waals surface area contributed by atoms with E-state index in [-0.39, 0.29) is 11.8 Å². The van der Waals surface area contributed by atoms with Crippen molar-refractivity contribution in [3.05, 3.63) is 35.9 Å². The van der Waals surface area contributed by atoms with Gasteiger partial charge in [-0.25, -0.2) is 0 Å². The van der Waals surface area contributed by atoms with Crippen molar-refractivity contribution in [2.24, 2.45) is 11.8 Å². The van der Waals surface area contributed by atoms with Gasteiger partial charge in [-0.05, 0) is 24.8 Å². The van der Waals surface area contributed by atoms with Gasteiger partial charge >= 0.3 is 5.97 Å².